The van der Waals surface area contributed by atoms with Crippen LogP contribution in [0.2, 0.25) is 0 Å². The number of pyridine rings is 1. The first kappa shape index (κ1) is 15.7. The minimum atomic E-state index is 0.667. The normalized spacial score (nSPS) is 21.9. The average molecular weight is 305 g/mol. The van der Waals surface area contributed by atoms with E-state index in [1.165, 1.54) is 12.8 Å². The lowest BCUT2D eigenvalue weighted by molar-refractivity contribution is 0.0124. The number of ether oxygens (including phenoxy) is 2. The maximum absolute atomic E-state index is 5.48. The molecule has 5 heteroatoms. The molecule has 0 bridgehead atoms. The van der Waals surface area contributed by atoms with Gasteiger partial charge in [-0.05, 0) is 25.8 Å². The lowest BCUT2D eigenvalue weighted by atomic mass is 10.1. The number of hydrogen-bond acceptors (Lipinski definition) is 5. The van der Waals surface area contributed by atoms with E-state index in [0.29, 0.717) is 6.61 Å². The molecule has 22 heavy (non-hydrogen) atoms. The highest BCUT2D eigenvalue weighted by atomic mass is 16.5. The second-order valence-corrected chi connectivity index (χ2v) is 6.06. The summed E-state index contributed by atoms with van der Waals surface area (Å²) in [5.74, 6) is 0.737. The Bertz CT molecular complexity index is 455. The highest BCUT2D eigenvalue weighted by Gasteiger charge is 2.25. The minimum Gasteiger partial charge on any atom is -0.478 e. The third-order valence-corrected chi connectivity index (χ3v) is 4.57. The molecule has 122 valence electrons. The van der Waals surface area contributed by atoms with Crippen LogP contribution >= 0.6 is 0 Å². The molecule has 0 aromatic carbocycles. The van der Waals surface area contributed by atoms with Crippen LogP contribution in [0.5, 0.6) is 5.88 Å². The van der Waals surface area contributed by atoms with Gasteiger partial charge in [0.25, 0.3) is 0 Å². The van der Waals surface area contributed by atoms with Crippen molar-refractivity contribution in [3.05, 3.63) is 23.9 Å². The monoisotopic (exact) mass is 305 g/mol. The summed E-state index contributed by atoms with van der Waals surface area (Å²) < 4.78 is 10.9. The van der Waals surface area contributed by atoms with Crippen molar-refractivity contribution in [1.82, 2.24) is 14.8 Å². The van der Waals surface area contributed by atoms with E-state index in [4.69, 9.17) is 9.47 Å². The zero-order valence-corrected chi connectivity index (χ0v) is 13.5. The highest BCUT2D eigenvalue weighted by molar-refractivity contribution is 5.15. The molecule has 2 fully saturated rings. The van der Waals surface area contributed by atoms with E-state index >= 15 is 0 Å². The molecule has 2 aliphatic rings. The number of hydrogen-bond donors (Lipinski definition) is 0. The van der Waals surface area contributed by atoms with Gasteiger partial charge in [0.15, 0.2) is 0 Å². The second-order valence-electron chi connectivity index (χ2n) is 6.06. The van der Waals surface area contributed by atoms with E-state index < -0.39 is 0 Å². The Morgan fingerprint density at radius 3 is 2.68 bits per heavy atom. The van der Waals surface area contributed by atoms with E-state index in [0.717, 1.165) is 63.6 Å². The molecule has 3 rings (SSSR count). The summed E-state index contributed by atoms with van der Waals surface area (Å²) in [7, 11) is 0. The third kappa shape index (κ3) is 4.18. The average Bonchev–Trinajstić information content (AvgIpc) is 2.57. The Kier molecular flexibility index (Phi) is 5.64. The van der Waals surface area contributed by atoms with Crippen molar-refractivity contribution in [1.29, 1.82) is 0 Å². The first-order chi connectivity index (χ1) is 10.8. The molecule has 0 spiro atoms. The molecule has 0 atom stereocenters. The molecule has 1 aromatic heterocycles. The number of piperazine rings is 1. The van der Waals surface area contributed by atoms with Gasteiger partial charge in [-0.15, -0.1) is 0 Å². The molecule has 5 nitrogen and oxygen atoms in total. The predicted molar refractivity (Wildman–Crippen MR) is 86.1 cm³/mol. The lowest BCUT2D eigenvalue weighted by Crippen LogP contribution is -2.51. The predicted octanol–water partition coefficient (Wildman–Crippen LogP) is 1.78. The highest BCUT2D eigenvalue weighted by Crippen LogP contribution is 2.17. The summed E-state index contributed by atoms with van der Waals surface area (Å²) in [5, 5.41) is 0. The van der Waals surface area contributed by atoms with Crippen LogP contribution in [0.4, 0.5) is 0 Å². The van der Waals surface area contributed by atoms with Crippen LogP contribution < -0.4 is 4.74 Å². The fraction of sp³-hybridized carbons (Fsp3) is 0.706. The van der Waals surface area contributed by atoms with E-state index in [2.05, 4.69) is 20.9 Å². The molecule has 0 saturated carbocycles. The van der Waals surface area contributed by atoms with Crippen LogP contribution in [0.1, 0.15) is 25.5 Å². The molecule has 2 saturated heterocycles. The summed E-state index contributed by atoms with van der Waals surface area (Å²) in [6.45, 7) is 10.0. The first-order valence-corrected chi connectivity index (χ1v) is 8.48. The van der Waals surface area contributed by atoms with Crippen LogP contribution in [0.25, 0.3) is 0 Å². The van der Waals surface area contributed by atoms with Gasteiger partial charge in [0, 0.05) is 58.0 Å². The van der Waals surface area contributed by atoms with Crippen molar-refractivity contribution in [3.8, 4) is 5.88 Å². The fourth-order valence-electron chi connectivity index (χ4n) is 3.34. The maximum Gasteiger partial charge on any atom is 0.213 e. The molecule has 0 unspecified atom stereocenters. The van der Waals surface area contributed by atoms with E-state index in [1.807, 2.05) is 19.1 Å². The SMILES string of the molecule is CCOc1cccc(CN2CCN(C3CCOCC3)CC2)n1. The topological polar surface area (TPSA) is 37.8 Å². The molecule has 0 aliphatic carbocycles. The van der Waals surface area contributed by atoms with Crippen molar-refractivity contribution in [2.24, 2.45) is 0 Å². The van der Waals surface area contributed by atoms with Crippen LogP contribution in [0.15, 0.2) is 18.2 Å². The van der Waals surface area contributed by atoms with Gasteiger partial charge < -0.3 is 9.47 Å². The van der Waals surface area contributed by atoms with Crippen LogP contribution in [0.3, 0.4) is 0 Å². The quantitative estimate of drug-likeness (QED) is 0.829. The molecular weight excluding hydrogens is 278 g/mol. The molecular formula is C17H27N3O2. The summed E-state index contributed by atoms with van der Waals surface area (Å²) >= 11 is 0. The fourth-order valence-corrected chi connectivity index (χ4v) is 3.34. The molecule has 0 amide bonds. The van der Waals surface area contributed by atoms with Gasteiger partial charge in [-0.3, -0.25) is 9.80 Å². The Morgan fingerprint density at radius 1 is 1.18 bits per heavy atom. The van der Waals surface area contributed by atoms with Crippen LogP contribution in [-0.4, -0.2) is 66.8 Å². The Labute approximate surface area is 133 Å². The van der Waals surface area contributed by atoms with Gasteiger partial charge in [-0.2, -0.15) is 0 Å². The zero-order valence-electron chi connectivity index (χ0n) is 13.5. The largest absolute Gasteiger partial charge is 0.478 e. The van der Waals surface area contributed by atoms with Crippen LogP contribution in [0, 0.1) is 0 Å². The van der Waals surface area contributed by atoms with Gasteiger partial charge in [0.05, 0.1) is 12.3 Å². The zero-order chi connectivity index (χ0) is 15.2. The van der Waals surface area contributed by atoms with Gasteiger partial charge in [0.1, 0.15) is 0 Å². The van der Waals surface area contributed by atoms with E-state index in [1.54, 1.807) is 0 Å². The standard InChI is InChI=1S/C17H27N3O2/c1-2-22-17-5-3-4-15(18-17)14-19-8-10-20(11-9-19)16-6-12-21-13-7-16/h3-5,16H,2,6-14H2,1H3. The Balaban J connectivity index is 1.48. The minimum absolute atomic E-state index is 0.667. The lowest BCUT2D eigenvalue weighted by Gasteiger charge is -2.40. The van der Waals surface area contributed by atoms with Crippen molar-refractivity contribution in [3.63, 3.8) is 0 Å². The summed E-state index contributed by atoms with van der Waals surface area (Å²) in [5.41, 5.74) is 1.10. The third-order valence-electron chi connectivity index (χ3n) is 4.57. The summed E-state index contributed by atoms with van der Waals surface area (Å²) in [6, 6.07) is 6.78. The number of rotatable bonds is 5. The first-order valence-electron chi connectivity index (χ1n) is 8.48. The van der Waals surface area contributed by atoms with Gasteiger partial charge in [-0.1, -0.05) is 6.07 Å². The smallest absolute Gasteiger partial charge is 0.213 e. The van der Waals surface area contributed by atoms with Gasteiger partial charge in [0.2, 0.25) is 5.88 Å². The van der Waals surface area contributed by atoms with E-state index in [-0.39, 0.29) is 0 Å². The molecule has 0 radical (unpaired) electrons. The maximum atomic E-state index is 5.48. The second kappa shape index (κ2) is 7.90. The molecule has 2 aliphatic heterocycles. The molecule has 0 N–H and O–H groups in total. The Hall–Kier alpha value is -1.17. The van der Waals surface area contributed by atoms with Crippen molar-refractivity contribution in [2.45, 2.75) is 32.4 Å². The van der Waals surface area contributed by atoms with Gasteiger partial charge in [-0.25, -0.2) is 4.98 Å². The van der Waals surface area contributed by atoms with Crippen molar-refractivity contribution >= 4 is 0 Å². The Morgan fingerprint density at radius 2 is 1.95 bits per heavy atom. The van der Waals surface area contributed by atoms with Crippen LogP contribution in [-0.2, 0) is 11.3 Å². The number of nitrogens with zero attached hydrogens (tertiary/aromatic N) is 3. The van der Waals surface area contributed by atoms with Gasteiger partial charge >= 0.3 is 0 Å². The summed E-state index contributed by atoms with van der Waals surface area (Å²) in [6.07, 6.45) is 2.38. The van der Waals surface area contributed by atoms with Crippen molar-refractivity contribution in [2.75, 3.05) is 46.0 Å². The summed E-state index contributed by atoms with van der Waals surface area (Å²) in [4.78, 5) is 9.71. The van der Waals surface area contributed by atoms with E-state index in [9.17, 15) is 0 Å². The van der Waals surface area contributed by atoms with Crippen molar-refractivity contribution < 1.29 is 9.47 Å². The molecule has 3 heterocycles. The molecule has 1 aromatic rings. The number of aromatic nitrogens is 1.